The van der Waals surface area contributed by atoms with Crippen molar-refractivity contribution >= 4 is 55.7 Å². The van der Waals surface area contributed by atoms with Gasteiger partial charge in [-0.1, -0.05) is 36.4 Å². The van der Waals surface area contributed by atoms with Crippen molar-refractivity contribution in [3.8, 4) is 0 Å². The number of hydrogen-bond acceptors (Lipinski definition) is 3. The lowest BCUT2D eigenvalue weighted by Crippen LogP contribution is -2.30. The lowest BCUT2D eigenvalue weighted by molar-refractivity contribution is 0.717. The fraction of sp³-hybridized carbons (Fsp3) is 0.0588. The Kier molecular flexibility index (Phi) is 3.69. The van der Waals surface area contributed by atoms with Crippen LogP contribution in [0.5, 0.6) is 0 Å². The molecule has 0 unspecified atom stereocenters. The van der Waals surface area contributed by atoms with E-state index in [1.165, 1.54) is 27.8 Å². The largest absolute Gasteiger partial charge is 0.345 e. The van der Waals surface area contributed by atoms with E-state index in [0.717, 1.165) is 10.5 Å². The van der Waals surface area contributed by atoms with Crippen LogP contribution < -0.4 is 10.6 Å². The second kappa shape index (κ2) is 5.98. The molecule has 0 saturated heterocycles. The summed E-state index contributed by atoms with van der Waals surface area (Å²) in [6.45, 7) is 0.602. The van der Waals surface area contributed by atoms with Crippen LogP contribution in [0.25, 0.3) is 21.1 Å². The summed E-state index contributed by atoms with van der Waals surface area (Å²) in [5.41, 5.74) is 2.16. The van der Waals surface area contributed by atoms with Gasteiger partial charge >= 0.3 is 0 Å². The van der Waals surface area contributed by atoms with Gasteiger partial charge in [-0.3, -0.25) is 0 Å². The number of thiocarbonyl (C=S) groups is 1. The second-order valence-electron chi connectivity index (χ2n) is 5.14. The van der Waals surface area contributed by atoms with Gasteiger partial charge in [0.1, 0.15) is 4.83 Å². The number of fused-ring (bicyclic) bond motifs is 3. The minimum atomic E-state index is 0.602. The number of benzene rings is 2. The number of nitrogens with one attached hydrogen (secondary N) is 2. The summed E-state index contributed by atoms with van der Waals surface area (Å²) < 4.78 is 6.52. The summed E-state index contributed by atoms with van der Waals surface area (Å²) in [6.07, 6.45) is 1.93. The molecular weight excluding hydrogens is 324 g/mol. The van der Waals surface area contributed by atoms with Crippen LogP contribution in [0.4, 0.5) is 5.69 Å². The first-order valence-electron chi connectivity index (χ1n) is 7.24. The van der Waals surface area contributed by atoms with Crippen LogP contribution in [0.1, 0.15) is 0 Å². The molecule has 2 heterocycles. The van der Waals surface area contributed by atoms with Gasteiger partial charge in [-0.15, -0.1) is 0 Å². The third-order valence-corrected chi connectivity index (χ3v) is 4.78. The summed E-state index contributed by atoms with van der Waals surface area (Å²) in [5, 5.41) is 9.47. The van der Waals surface area contributed by atoms with Gasteiger partial charge in [0.25, 0.3) is 0 Å². The first-order chi connectivity index (χ1) is 11.3. The fourth-order valence-corrected chi connectivity index (χ4v) is 3.63. The highest BCUT2D eigenvalue weighted by molar-refractivity contribution is 7.80. The molecule has 4 rings (SSSR count). The van der Waals surface area contributed by atoms with Gasteiger partial charge in [0.15, 0.2) is 5.11 Å². The maximum absolute atomic E-state index is 5.39. The van der Waals surface area contributed by atoms with E-state index >= 15 is 0 Å². The van der Waals surface area contributed by atoms with Crippen molar-refractivity contribution in [3.63, 3.8) is 0 Å². The average Bonchev–Trinajstić information content (AvgIpc) is 3.15. The molecule has 0 bridgehead atoms. The lowest BCUT2D eigenvalue weighted by Gasteiger charge is -2.12. The van der Waals surface area contributed by atoms with E-state index in [-0.39, 0.29) is 0 Å². The molecule has 0 saturated carbocycles. The van der Waals surface area contributed by atoms with Crippen LogP contribution >= 0.6 is 23.8 Å². The molecule has 4 nitrogen and oxygen atoms in total. The summed E-state index contributed by atoms with van der Waals surface area (Å²) in [4.78, 5) is 1.15. The summed E-state index contributed by atoms with van der Waals surface area (Å²) in [6, 6.07) is 18.3. The number of anilines is 1. The zero-order valence-corrected chi connectivity index (χ0v) is 13.8. The van der Waals surface area contributed by atoms with Crippen LogP contribution in [0.15, 0.2) is 60.8 Å². The molecule has 114 valence electrons. The van der Waals surface area contributed by atoms with Gasteiger partial charge in [-0.25, -0.2) is 0 Å². The van der Waals surface area contributed by atoms with Gasteiger partial charge in [-0.2, -0.15) is 4.37 Å². The first-order valence-corrected chi connectivity index (χ1v) is 8.42. The van der Waals surface area contributed by atoms with E-state index in [1.807, 2.05) is 36.5 Å². The molecule has 23 heavy (non-hydrogen) atoms. The minimum absolute atomic E-state index is 0.602. The Bertz CT molecular complexity index is 972. The number of rotatable bonds is 3. The van der Waals surface area contributed by atoms with Crippen molar-refractivity contribution in [1.82, 2.24) is 14.3 Å². The molecule has 4 aromatic rings. The third kappa shape index (κ3) is 2.67. The lowest BCUT2D eigenvalue weighted by atomic mass is 10.2. The molecule has 2 N–H and O–H groups in total. The van der Waals surface area contributed by atoms with E-state index in [2.05, 4.69) is 43.8 Å². The van der Waals surface area contributed by atoms with E-state index in [9.17, 15) is 0 Å². The van der Waals surface area contributed by atoms with Crippen molar-refractivity contribution in [3.05, 3.63) is 60.8 Å². The van der Waals surface area contributed by atoms with Gasteiger partial charge in [-0.05, 0) is 41.9 Å². The topological polar surface area (TPSA) is 41.9 Å². The Morgan fingerprint density at radius 2 is 1.83 bits per heavy atom. The van der Waals surface area contributed by atoms with Crippen molar-refractivity contribution < 1.29 is 0 Å². The molecule has 0 fully saturated rings. The summed E-state index contributed by atoms with van der Waals surface area (Å²) in [5.74, 6) is 0. The fourth-order valence-electron chi connectivity index (χ4n) is 2.66. The van der Waals surface area contributed by atoms with Gasteiger partial charge in [0.2, 0.25) is 0 Å². The van der Waals surface area contributed by atoms with Gasteiger partial charge < -0.3 is 15.2 Å². The normalized spacial score (nSPS) is 11.0. The Morgan fingerprint density at radius 3 is 2.70 bits per heavy atom. The Labute approximate surface area is 142 Å². The van der Waals surface area contributed by atoms with E-state index in [1.54, 1.807) is 0 Å². The maximum atomic E-state index is 5.39. The molecule has 0 spiro atoms. The molecule has 0 aliphatic rings. The molecule has 0 radical (unpaired) electrons. The van der Waals surface area contributed by atoms with Crippen molar-refractivity contribution in [2.45, 2.75) is 6.67 Å². The zero-order valence-electron chi connectivity index (χ0n) is 12.2. The molecule has 0 aliphatic carbocycles. The molecule has 2 aromatic carbocycles. The Balaban J connectivity index is 1.57. The number of nitrogens with zero attached hydrogens (tertiary/aromatic N) is 2. The maximum Gasteiger partial charge on any atom is 0.172 e. The highest BCUT2D eigenvalue weighted by Crippen LogP contribution is 2.30. The molecular formula is C17H14N4S2. The summed E-state index contributed by atoms with van der Waals surface area (Å²) >= 11 is 6.89. The Hall–Kier alpha value is -2.44. The molecule has 6 heteroatoms. The smallest absolute Gasteiger partial charge is 0.172 e. The molecule has 0 atom stereocenters. The van der Waals surface area contributed by atoms with Crippen LogP contribution in [0, 0.1) is 0 Å². The summed E-state index contributed by atoms with van der Waals surface area (Å²) in [7, 11) is 0. The average molecular weight is 338 g/mol. The number of hydrogen-bond donors (Lipinski definition) is 2. The predicted octanol–water partition coefficient (Wildman–Crippen LogP) is 4.20. The molecule has 0 aliphatic heterocycles. The van der Waals surface area contributed by atoms with E-state index in [4.69, 9.17) is 12.2 Å². The second-order valence-corrected chi connectivity index (χ2v) is 6.33. The monoisotopic (exact) mass is 338 g/mol. The highest BCUT2D eigenvalue weighted by atomic mass is 32.1. The predicted molar refractivity (Wildman–Crippen MR) is 101 cm³/mol. The van der Waals surface area contributed by atoms with Crippen molar-refractivity contribution in [2.24, 2.45) is 0 Å². The van der Waals surface area contributed by atoms with Crippen LogP contribution in [0.2, 0.25) is 0 Å². The highest BCUT2D eigenvalue weighted by Gasteiger charge is 2.12. The Morgan fingerprint density at radius 1 is 1.04 bits per heavy atom. The quantitative estimate of drug-likeness (QED) is 0.550. The molecule has 2 aromatic heterocycles. The van der Waals surface area contributed by atoms with E-state index < -0.39 is 0 Å². The molecule has 0 amide bonds. The van der Waals surface area contributed by atoms with Gasteiger partial charge in [0, 0.05) is 16.5 Å². The van der Waals surface area contributed by atoms with E-state index in [0.29, 0.717) is 11.8 Å². The van der Waals surface area contributed by atoms with Gasteiger partial charge in [0.05, 0.1) is 18.4 Å². The van der Waals surface area contributed by atoms with Crippen LogP contribution in [-0.2, 0) is 6.67 Å². The van der Waals surface area contributed by atoms with Crippen molar-refractivity contribution in [2.75, 3.05) is 5.32 Å². The third-order valence-electron chi connectivity index (χ3n) is 3.71. The first kappa shape index (κ1) is 14.2. The van der Waals surface area contributed by atoms with Crippen LogP contribution in [-0.4, -0.2) is 14.1 Å². The van der Waals surface area contributed by atoms with Crippen molar-refractivity contribution in [1.29, 1.82) is 0 Å². The minimum Gasteiger partial charge on any atom is -0.345 e. The number of para-hydroxylation sites is 2. The zero-order chi connectivity index (χ0) is 15.6. The van der Waals surface area contributed by atoms with Crippen LogP contribution in [0.3, 0.4) is 0 Å². The SMILES string of the molecule is S=C(NCn1c2ccccc2c2cnsc21)Nc1ccccc1. The standard InChI is InChI=1S/C17H14N4S2/c22-17(20-12-6-2-1-3-7-12)18-11-21-15-9-5-4-8-13(15)14-10-19-23-16(14)21/h1-10H,11H2,(H2,18,20,22). The number of aromatic nitrogens is 2.